The number of hydrogen-bond donors (Lipinski definition) is 1. The number of benzene rings is 1. The van der Waals surface area contributed by atoms with Gasteiger partial charge in [0.05, 0.1) is 0 Å². The highest BCUT2D eigenvalue weighted by atomic mass is 14.8. The third-order valence-electron chi connectivity index (χ3n) is 4.59. The smallest absolute Gasteiger partial charge is 0.000789 e. The van der Waals surface area contributed by atoms with Gasteiger partial charge < -0.3 is 5.32 Å². The summed E-state index contributed by atoms with van der Waals surface area (Å²) in [6.07, 6.45) is 6.40. The van der Waals surface area contributed by atoms with Crippen molar-refractivity contribution in [2.24, 2.45) is 5.41 Å². The standard InChI is InChI=1S/C19H33N/c1-6-8-13-19(7-2,15-20-5)14-17-9-11-18(12-10-17)16(3)4/h9-12,16,20H,6-8,13-15H2,1-5H3. The lowest BCUT2D eigenvalue weighted by Crippen LogP contribution is -2.34. The molecule has 0 aliphatic heterocycles. The van der Waals surface area contributed by atoms with Crippen LogP contribution in [0, 0.1) is 5.41 Å². The Morgan fingerprint density at radius 3 is 2.20 bits per heavy atom. The molecule has 0 bridgehead atoms. The van der Waals surface area contributed by atoms with Gasteiger partial charge in [-0.1, -0.05) is 64.8 Å². The van der Waals surface area contributed by atoms with Crippen molar-refractivity contribution < 1.29 is 0 Å². The molecule has 0 fully saturated rings. The van der Waals surface area contributed by atoms with Crippen LogP contribution in [0.5, 0.6) is 0 Å². The number of hydrogen-bond acceptors (Lipinski definition) is 1. The van der Waals surface area contributed by atoms with Gasteiger partial charge in [-0.15, -0.1) is 0 Å². The van der Waals surface area contributed by atoms with Crippen molar-refractivity contribution in [3.63, 3.8) is 0 Å². The molecular weight excluding hydrogens is 242 g/mol. The van der Waals surface area contributed by atoms with Gasteiger partial charge in [0, 0.05) is 6.54 Å². The van der Waals surface area contributed by atoms with Crippen LogP contribution in [0.4, 0.5) is 0 Å². The third-order valence-corrected chi connectivity index (χ3v) is 4.59. The van der Waals surface area contributed by atoms with Gasteiger partial charge in [-0.3, -0.25) is 0 Å². The van der Waals surface area contributed by atoms with Crippen LogP contribution in [-0.2, 0) is 6.42 Å². The summed E-state index contributed by atoms with van der Waals surface area (Å²) in [5.74, 6) is 0.623. The van der Waals surface area contributed by atoms with Crippen molar-refractivity contribution in [2.45, 2.75) is 65.7 Å². The van der Waals surface area contributed by atoms with Crippen molar-refractivity contribution in [3.8, 4) is 0 Å². The Bertz CT molecular complexity index is 366. The summed E-state index contributed by atoms with van der Waals surface area (Å²) < 4.78 is 0. The van der Waals surface area contributed by atoms with E-state index >= 15 is 0 Å². The summed E-state index contributed by atoms with van der Waals surface area (Å²) in [5, 5.41) is 3.42. The van der Waals surface area contributed by atoms with Crippen LogP contribution in [0.2, 0.25) is 0 Å². The highest BCUT2D eigenvalue weighted by Crippen LogP contribution is 2.33. The van der Waals surface area contributed by atoms with E-state index in [0.29, 0.717) is 11.3 Å². The van der Waals surface area contributed by atoms with Crippen LogP contribution < -0.4 is 5.32 Å². The molecule has 0 aliphatic carbocycles. The van der Waals surface area contributed by atoms with Gasteiger partial charge in [0.2, 0.25) is 0 Å². The van der Waals surface area contributed by atoms with Crippen LogP contribution in [0.3, 0.4) is 0 Å². The predicted octanol–water partition coefficient (Wildman–Crippen LogP) is 5.16. The molecule has 0 amide bonds. The fourth-order valence-corrected chi connectivity index (χ4v) is 3.05. The van der Waals surface area contributed by atoms with E-state index in [9.17, 15) is 0 Å². The molecule has 0 spiro atoms. The van der Waals surface area contributed by atoms with E-state index in [0.717, 1.165) is 6.54 Å². The normalized spacial score (nSPS) is 14.5. The Labute approximate surface area is 126 Å². The molecule has 0 aliphatic rings. The molecule has 1 nitrogen and oxygen atoms in total. The minimum absolute atomic E-state index is 0.421. The van der Waals surface area contributed by atoms with Crippen LogP contribution in [0.1, 0.15) is 70.4 Å². The largest absolute Gasteiger partial charge is 0.319 e. The van der Waals surface area contributed by atoms with Gasteiger partial charge >= 0.3 is 0 Å². The quantitative estimate of drug-likeness (QED) is 0.656. The molecule has 1 rings (SSSR count). The second kappa shape index (κ2) is 8.46. The van der Waals surface area contributed by atoms with Gasteiger partial charge in [0.25, 0.3) is 0 Å². The van der Waals surface area contributed by atoms with Gasteiger partial charge in [0.15, 0.2) is 0 Å². The Hall–Kier alpha value is -0.820. The molecule has 20 heavy (non-hydrogen) atoms. The molecule has 1 aromatic rings. The van der Waals surface area contributed by atoms with Crippen LogP contribution >= 0.6 is 0 Å². The van der Waals surface area contributed by atoms with Crippen molar-refractivity contribution in [1.29, 1.82) is 0 Å². The molecule has 1 atom stereocenters. The van der Waals surface area contributed by atoms with Crippen LogP contribution in [0.25, 0.3) is 0 Å². The summed E-state index contributed by atoms with van der Waals surface area (Å²) in [4.78, 5) is 0. The fraction of sp³-hybridized carbons (Fsp3) is 0.684. The van der Waals surface area contributed by atoms with Crippen LogP contribution in [-0.4, -0.2) is 13.6 Å². The third kappa shape index (κ3) is 4.94. The Balaban J connectivity index is 2.82. The molecular formula is C19H33N. The summed E-state index contributed by atoms with van der Waals surface area (Å²) >= 11 is 0. The number of nitrogens with one attached hydrogen (secondary N) is 1. The lowest BCUT2D eigenvalue weighted by atomic mass is 9.75. The minimum atomic E-state index is 0.421. The first kappa shape index (κ1) is 17.2. The van der Waals surface area contributed by atoms with Gasteiger partial charge in [-0.05, 0) is 48.8 Å². The molecule has 0 saturated heterocycles. The summed E-state index contributed by atoms with van der Waals surface area (Å²) in [5.41, 5.74) is 3.35. The van der Waals surface area contributed by atoms with E-state index in [-0.39, 0.29) is 0 Å². The first-order valence-electron chi connectivity index (χ1n) is 8.30. The molecule has 0 saturated carbocycles. The van der Waals surface area contributed by atoms with Crippen molar-refractivity contribution in [3.05, 3.63) is 35.4 Å². The van der Waals surface area contributed by atoms with E-state index < -0.39 is 0 Å². The topological polar surface area (TPSA) is 12.0 Å². The molecule has 0 aromatic heterocycles. The van der Waals surface area contributed by atoms with E-state index in [2.05, 4.69) is 64.3 Å². The van der Waals surface area contributed by atoms with E-state index in [1.54, 1.807) is 0 Å². The lowest BCUT2D eigenvalue weighted by Gasteiger charge is -2.33. The molecule has 0 radical (unpaired) electrons. The maximum atomic E-state index is 3.42. The summed E-state index contributed by atoms with van der Waals surface area (Å²) in [6.45, 7) is 10.3. The van der Waals surface area contributed by atoms with Gasteiger partial charge in [-0.25, -0.2) is 0 Å². The van der Waals surface area contributed by atoms with Crippen molar-refractivity contribution >= 4 is 0 Å². The van der Waals surface area contributed by atoms with Gasteiger partial charge in [-0.2, -0.15) is 0 Å². The van der Waals surface area contributed by atoms with Crippen molar-refractivity contribution in [1.82, 2.24) is 5.32 Å². The Morgan fingerprint density at radius 1 is 1.10 bits per heavy atom. The van der Waals surface area contributed by atoms with E-state index in [1.165, 1.54) is 43.2 Å². The Morgan fingerprint density at radius 2 is 1.75 bits per heavy atom. The fourth-order valence-electron chi connectivity index (χ4n) is 3.05. The average Bonchev–Trinajstić information content (AvgIpc) is 2.45. The first-order valence-corrected chi connectivity index (χ1v) is 8.30. The summed E-state index contributed by atoms with van der Waals surface area (Å²) in [7, 11) is 2.08. The lowest BCUT2D eigenvalue weighted by molar-refractivity contribution is 0.235. The van der Waals surface area contributed by atoms with E-state index in [4.69, 9.17) is 0 Å². The molecule has 1 aromatic carbocycles. The highest BCUT2D eigenvalue weighted by Gasteiger charge is 2.27. The highest BCUT2D eigenvalue weighted by molar-refractivity contribution is 5.25. The van der Waals surface area contributed by atoms with Gasteiger partial charge in [0.1, 0.15) is 0 Å². The molecule has 1 N–H and O–H groups in total. The average molecular weight is 275 g/mol. The number of rotatable bonds is 9. The second-order valence-electron chi connectivity index (χ2n) is 6.56. The molecule has 0 heterocycles. The molecule has 1 unspecified atom stereocenters. The first-order chi connectivity index (χ1) is 9.56. The molecule has 1 heteroatoms. The Kier molecular flexibility index (Phi) is 7.29. The maximum Gasteiger partial charge on any atom is 0.000789 e. The van der Waals surface area contributed by atoms with E-state index in [1.807, 2.05) is 0 Å². The SMILES string of the molecule is CCCCC(CC)(CNC)Cc1ccc(C(C)C)cc1. The second-order valence-corrected chi connectivity index (χ2v) is 6.56. The maximum absolute atomic E-state index is 3.42. The monoisotopic (exact) mass is 275 g/mol. The predicted molar refractivity (Wildman–Crippen MR) is 90.4 cm³/mol. The minimum Gasteiger partial charge on any atom is -0.319 e. The summed E-state index contributed by atoms with van der Waals surface area (Å²) in [6, 6.07) is 9.28. The van der Waals surface area contributed by atoms with Crippen molar-refractivity contribution in [2.75, 3.05) is 13.6 Å². The number of unbranched alkanes of at least 4 members (excludes halogenated alkanes) is 1. The zero-order valence-corrected chi connectivity index (χ0v) is 14.1. The van der Waals surface area contributed by atoms with Crippen LogP contribution in [0.15, 0.2) is 24.3 Å². The zero-order chi connectivity index (χ0) is 15.0. The molecule has 114 valence electrons. The zero-order valence-electron chi connectivity index (χ0n) is 14.1.